The second-order valence-electron chi connectivity index (χ2n) is 4.76. The van der Waals surface area contributed by atoms with Crippen LogP contribution >= 0.6 is 27.5 Å². The van der Waals surface area contributed by atoms with Gasteiger partial charge in [0.05, 0.1) is 5.69 Å². The fraction of sp³-hybridized carbons (Fsp3) is 0.429. The molecule has 0 amide bonds. The van der Waals surface area contributed by atoms with E-state index in [0.717, 1.165) is 34.6 Å². The van der Waals surface area contributed by atoms with Crippen molar-refractivity contribution in [2.75, 3.05) is 6.54 Å². The van der Waals surface area contributed by atoms with Crippen LogP contribution in [0.5, 0.6) is 0 Å². The van der Waals surface area contributed by atoms with Gasteiger partial charge in [0.2, 0.25) is 0 Å². The second-order valence-corrected chi connectivity index (χ2v) is 6.05. The van der Waals surface area contributed by atoms with Gasteiger partial charge in [-0.05, 0) is 30.7 Å². The Bertz CT molecular complexity index is 570. The number of nitrogens with zero attached hydrogens (tertiary/aromatic N) is 3. The maximum Gasteiger partial charge on any atom is 0.0845 e. The van der Waals surface area contributed by atoms with Crippen molar-refractivity contribution in [2.24, 2.45) is 7.05 Å². The first-order chi connectivity index (χ1) is 9.60. The molecule has 0 radical (unpaired) electrons. The van der Waals surface area contributed by atoms with Crippen molar-refractivity contribution in [3.05, 3.63) is 45.1 Å². The van der Waals surface area contributed by atoms with Crippen LogP contribution in [0.25, 0.3) is 0 Å². The van der Waals surface area contributed by atoms with Crippen molar-refractivity contribution in [2.45, 2.75) is 25.8 Å². The Kier molecular flexibility index (Phi) is 5.57. The second kappa shape index (κ2) is 7.20. The summed E-state index contributed by atoms with van der Waals surface area (Å²) in [6, 6.07) is 6.08. The molecule has 0 saturated heterocycles. The van der Waals surface area contributed by atoms with Gasteiger partial charge in [-0.1, -0.05) is 45.7 Å². The molecule has 0 aliphatic carbocycles. The molecule has 0 saturated carbocycles. The van der Waals surface area contributed by atoms with Crippen LogP contribution in [0.3, 0.4) is 0 Å². The topological polar surface area (TPSA) is 42.7 Å². The fourth-order valence-corrected chi connectivity index (χ4v) is 3.05. The molecule has 4 nitrogen and oxygen atoms in total. The summed E-state index contributed by atoms with van der Waals surface area (Å²) in [5, 5.41) is 12.4. The van der Waals surface area contributed by atoms with E-state index in [2.05, 4.69) is 44.5 Å². The minimum atomic E-state index is 0.193. The zero-order valence-electron chi connectivity index (χ0n) is 11.6. The minimum absolute atomic E-state index is 0.193. The number of aryl methyl sites for hydroxylation is 1. The van der Waals surface area contributed by atoms with Gasteiger partial charge >= 0.3 is 0 Å². The molecule has 1 heterocycles. The average Bonchev–Trinajstić information content (AvgIpc) is 2.80. The zero-order valence-corrected chi connectivity index (χ0v) is 13.9. The van der Waals surface area contributed by atoms with Gasteiger partial charge in [0.25, 0.3) is 0 Å². The number of rotatable bonds is 6. The quantitative estimate of drug-likeness (QED) is 0.860. The summed E-state index contributed by atoms with van der Waals surface area (Å²) in [4.78, 5) is 0. The molecule has 108 valence electrons. The third-order valence-corrected chi connectivity index (χ3v) is 3.96. The average molecular weight is 358 g/mol. The molecular formula is C14H18BrClN4. The van der Waals surface area contributed by atoms with Gasteiger partial charge in [-0.25, -0.2) is 0 Å². The van der Waals surface area contributed by atoms with E-state index in [1.807, 2.05) is 25.4 Å². The number of benzene rings is 1. The Morgan fingerprint density at radius 2 is 2.25 bits per heavy atom. The molecule has 6 heteroatoms. The lowest BCUT2D eigenvalue weighted by atomic mass is 10.0. The monoisotopic (exact) mass is 356 g/mol. The molecule has 0 spiro atoms. The summed E-state index contributed by atoms with van der Waals surface area (Å²) < 4.78 is 2.74. The van der Waals surface area contributed by atoms with Crippen LogP contribution in [0.2, 0.25) is 5.02 Å². The normalized spacial score (nSPS) is 12.6. The Hall–Kier alpha value is -0.910. The number of hydrogen-bond acceptors (Lipinski definition) is 3. The van der Waals surface area contributed by atoms with Crippen molar-refractivity contribution in [1.29, 1.82) is 0 Å². The van der Waals surface area contributed by atoms with Gasteiger partial charge in [-0.2, -0.15) is 0 Å². The number of aromatic nitrogens is 3. The highest BCUT2D eigenvalue weighted by molar-refractivity contribution is 9.10. The first kappa shape index (κ1) is 15.5. The van der Waals surface area contributed by atoms with Crippen LogP contribution in [-0.2, 0) is 13.5 Å². The molecule has 20 heavy (non-hydrogen) atoms. The summed E-state index contributed by atoms with van der Waals surface area (Å²) in [5.74, 6) is 0. The van der Waals surface area contributed by atoms with Gasteiger partial charge in [0, 0.05) is 35.2 Å². The fourth-order valence-electron chi connectivity index (χ4n) is 2.09. The first-order valence-corrected chi connectivity index (χ1v) is 7.80. The molecule has 0 aliphatic rings. The molecular weight excluding hydrogens is 340 g/mol. The van der Waals surface area contributed by atoms with E-state index in [9.17, 15) is 0 Å². The van der Waals surface area contributed by atoms with E-state index in [1.54, 1.807) is 4.68 Å². The molecule has 1 aromatic carbocycles. The predicted octanol–water partition coefficient (Wildman–Crippen LogP) is 3.51. The van der Waals surface area contributed by atoms with Gasteiger partial charge < -0.3 is 5.32 Å². The Morgan fingerprint density at radius 3 is 2.85 bits per heavy atom. The maximum absolute atomic E-state index is 6.01. The van der Waals surface area contributed by atoms with E-state index in [0.29, 0.717) is 0 Å². The summed E-state index contributed by atoms with van der Waals surface area (Å²) in [6.45, 7) is 3.11. The number of nitrogens with one attached hydrogen (secondary N) is 1. The molecule has 0 bridgehead atoms. The van der Waals surface area contributed by atoms with Crippen LogP contribution < -0.4 is 5.32 Å². The largest absolute Gasteiger partial charge is 0.310 e. The van der Waals surface area contributed by atoms with E-state index in [1.165, 1.54) is 5.56 Å². The zero-order chi connectivity index (χ0) is 14.5. The molecule has 0 aliphatic heterocycles. The minimum Gasteiger partial charge on any atom is -0.310 e. The van der Waals surface area contributed by atoms with Crippen molar-refractivity contribution in [1.82, 2.24) is 20.3 Å². The van der Waals surface area contributed by atoms with E-state index in [4.69, 9.17) is 11.6 Å². The van der Waals surface area contributed by atoms with Crippen LogP contribution in [0.4, 0.5) is 0 Å². The summed E-state index contributed by atoms with van der Waals surface area (Å²) in [6.07, 6.45) is 3.83. The van der Waals surface area contributed by atoms with E-state index < -0.39 is 0 Å². The Morgan fingerprint density at radius 1 is 1.45 bits per heavy atom. The van der Waals surface area contributed by atoms with Crippen molar-refractivity contribution < 1.29 is 0 Å². The van der Waals surface area contributed by atoms with Crippen LogP contribution in [0.15, 0.2) is 28.9 Å². The molecule has 2 rings (SSSR count). The van der Waals surface area contributed by atoms with Crippen LogP contribution in [0.1, 0.15) is 30.6 Å². The number of hydrogen-bond donors (Lipinski definition) is 1. The maximum atomic E-state index is 6.01. The van der Waals surface area contributed by atoms with E-state index in [-0.39, 0.29) is 6.04 Å². The first-order valence-electron chi connectivity index (χ1n) is 6.63. The predicted molar refractivity (Wildman–Crippen MR) is 84.9 cm³/mol. The highest BCUT2D eigenvalue weighted by Crippen LogP contribution is 2.28. The molecule has 1 N–H and O–H groups in total. The lowest BCUT2D eigenvalue weighted by molar-refractivity contribution is 0.522. The highest BCUT2D eigenvalue weighted by Gasteiger charge is 2.16. The lowest BCUT2D eigenvalue weighted by Crippen LogP contribution is -2.24. The molecule has 1 atom stereocenters. The SMILES string of the molecule is CCCNC(Cc1cn(C)nn1)c1ccc(Cl)cc1Br. The van der Waals surface area contributed by atoms with Crippen molar-refractivity contribution in [3.63, 3.8) is 0 Å². The van der Waals surface area contributed by atoms with Crippen LogP contribution in [0, 0.1) is 0 Å². The smallest absolute Gasteiger partial charge is 0.0845 e. The molecule has 0 fully saturated rings. The standard InChI is InChI=1S/C14H18BrClN4/c1-3-6-17-14(8-11-9-20(2)19-18-11)12-5-4-10(16)7-13(12)15/h4-5,7,9,14,17H,3,6,8H2,1-2H3. The lowest BCUT2D eigenvalue weighted by Gasteiger charge is -2.19. The summed E-state index contributed by atoms with van der Waals surface area (Å²) in [5.41, 5.74) is 2.16. The van der Waals surface area contributed by atoms with Gasteiger partial charge in [-0.15, -0.1) is 5.10 Å². The third kappa shape index (κ3) is 4.04. The molecule has 2 aromatic rings. The van der Waals surface area contributed by atoms with Crippen molar-refractivity contribution >= 4 is 27.5 Å². The summed E-state index contributed by atoms with van der Waals surface area (Å²) in [7, 11) is 1.88. The summed E-state index contributed by atoms with van der Waals surface area (Å²) >= 11 is 9.61. The van der Waals surface area contributed by atoms with Crippen molar-refractivity contribution in [3.8, 4) is 0 Å². The van der Waals surface area contributed by atoms with E-state index >= 15 is 0 Å². The third-order valence-electron chi connectivity index (χ3n) is 3.04. The molecule has 1 aromatic heterocycles. The van der Waals surface area contributed by atoms with Gasteiger partial charge in [0.1, 0.15) is 0 Å². The molecule has 1 unspecified atom stereocenters. The van der Waals surface area contributed by atoms with Crippen LogP contribution in [-0.4, -0.2) is 21.5 Å². The Labute approximate surface area is 132 Å². The highest BCUT2D eigenvalue weighted by atomic mass is 79.9. The number of halogens is 2. The van der Waals surface area contributed by atoms with Gasteiger partial charge in [-0.3, -0.25) is 4.68 Å². The van der Waals surface area contributed by atoms with Gasteiger partial charge in [0.15, 0.2) is 0 Å². The Balaban J connectivity index is 2.22.